The van der Waals surface area contributed by atoms with E-state index in [0.717, 1.165) is 21.3 Å². The normalized spacial score (nSPS) is 11.8. The maximum Gasteiger partial charge on any atom is 0.417 e. The van der Waals surface area contributed by atoms with Crippen LogP contribution < -0.4 is 5.32 Å². The number of fused-ring (bicyclic) bond motifs is 1. The van der Waals surface area contributed by atoms with E-state index in [-0.39, 0.29) is 15.8 Å². The number of amides is 1. The van der Waals surface area contributed by atoms with Crippen LogP contribution >= 0.6 is 22.9 Å². The number of halogens is 4. The number of aromatic nitrogens is 2. The van der Waals surface area contributed by atoms with Gasteiger partial charge in [-0.15, -0.1) is 0 Å². The van der Waals surface area contributed by atoms with Crippen molar-refractivity contribution in [1.82, 2.24) is 9.97 Å². The third-order valence-electron chi connectivity index (χ3n) is 3.46. The smallest absolute Gasteiger partial charge is 0.298 e. The average molecular weight is 386 g/mol. The van der Waals surface area contributed by atoms with E-state index < -0.39 is 17.6 Å². The molecule has 1 amide bonds. The Morgan fingerprint density at radius 1 is 1.24 bits per heavy atom. The Balaban J connectivity index is 1.94. The van der Waals surface area contributed by atoms with E-state index in [1.807, 2.05) is 26.0 Å². The summed E-state index contributed by atoms with van der Waals surface area (Å²) in [6, 6.07) is 4.56. The number of aryl methyl sites for hydroxylation is 2. The molecule has 3 aromatic rings. The molecule has 0 saturated carbocycles. The number of carbonyl (C=O) groups is 1. The first kappa shape index (κ1) is 17.6. The van der Waals surface area contributed by atoms with Crippen LogP contribution in [0.5, 0.6) is 0 Å². The second kappa shape index (κ2) is 6.27. The number of rotatable bonds is 2. The van der Waals surface area contributed by atoms with Gasteiger partial charge in [0.2, 0.25) is 0 Å². The fourth-order valence-electron chi connectivity index (χ4n) is 2.35. The highest BCUT2D eigenvalue weighted by Crippen LogP contribution is 2.32. The molecule has 25 heavy (non-hydrogen) atoms. The first-order valence-electron chi connectivity index (χ1n) is 7.07. The lowest BCUT2D eigenvalue weighted by Crippen LogP contribution is -2.15. The minimum Gasteiger partial charge on any atom is -0.298 e. The topological polar surface area (TPSA) is 54.9 Å². The van der Waals surface area contributed by atoms with E-state index in [9.17, 15) is 18.0 Å². The maximum absolute atomic E-state index is 12.8. The molecule has 0 bridgehead atoms. The van der Waals surface area contributed by atoms with Crippen LogP contribution in [0, 0.1) is 13.8 Å². The van der Waals surface area contributed by atoms with Gasteiger partial charge < -0.3 is 0 Å². The van der Waals surface area contributed by atoms with Gasteiger partial charge in [-0.05, 0) is 37.1 Å². The van der Waals surface area contributed by atoms with Crippen LogP contribution in [0.2, 0.25) is 5.15 Å². The summed E-state index contributed by atoms with van der Waals surface area (Å²) >= 11 is 7.01. The van der Waals surface area contributed by atoms with Crippen LogP contribution in [-0.2, 0) is 6.18 Å². The van der Waals surface area contributed by atoms with Crippen molar-refractivity contribution in [3.8, 4) is 0 Å². The molecule has 9 heteroatoms. The number of nitrogens with one attached hydrogen (secondary N) is 1. The number of hydrogen-bond donors (Lipinski definition) is 1. The van der Waals surface area contributed by atoms with Gasteiger partial charge in [-0.3, -0.25) is 10.1 Å². The minimum absolute atomic E-state index is 0.280. The highest BCUT2D eigenvalue weighted by atomic mass is 35.5. The molecule has 0 spiro atoms. The molecule has 130 valence electrons. The van der Waals surface area contributed by atoms with Gasteiger partial charge in [0.25, 0.3) is 5.91 Å². The Bertz CT molecular complexity index is 985. The Labute approximate surface area is 149 Å². The average Bonchev–Trinajstić information content (AvgIpc) is 2.89. The van der Waals surface area contributed by atoms with E-state index in [1.165, 1.54) is 11.3 Å². The second-order valence-electron chi connectivity index (χ2n) is 5.46. The zero-order chi connectivity index (χ0) is 18.4. The number of hydrogen-bond acceptors (Lipinski definition) is 4. The molecule has 0 fully saturated rings. The third kappa shape index (κ3) is 3.59. The van der Waals surface area contributed by atoms with Gasteiger partial charge in [0.1, 0.15) is 5.15 Å². The van der Waals surface area contributed by atoms with E-state index in [2.05, 4.69) is 15.3 Å². The van der Waals surface area contributed by atoms with Crippen molar-refractivity contribution in [2.45, 2.75) is 20.0 Å². The van der Waals surface area contributed by atoms with Gasteiger partial charge in [0.05, 0.1) is 21.3 Å². The molecular weight excluding hydrogens is 375 g/mol. The number of anilines is 1. The van der Waals surface area contributed by atoms with Crippen molar-refractivity contribution >= 4 is 44.2 Å². The molecule has 0 unspecified atom stereocenters. The molecule has 0 radical (unpaired) electrons. The fourth-order valence-corrected chi connectivity index (χ4v) is 3.58. The molecule has 3 rings (SSSR count). The number of carbonyl (C=O) groups excluding carboxylic acids is 1. The predicted octanol–water partition coefficient (Wildman–Crippen LogP) is 5.23. The van der Waals surface area contributed by atoms with Crippen LogP contribution in [0.25, 0.3) is 10.2 Å². The molecule has 2 aromatic heterocycles. The van der Waals surface area contributed by atoms with Crippen molar-refractivity contribution in [2.75, 3.05) is 5.32 Å². The third-order valence-corrected chi connectivity index (χ3v) is 4.68. The Kier molecular flexibility index (Phi) is 4.42. The van der Waals surface area contributed by atoms with Crippen LogP contribution in [0.3, 0.4) is 0 Å². The summed E-state index contributed by atoms with van der Waals surface area (Å²) in [6.07, 6.45) is -4.03. The number of benzene rings is 1. The van der Waals surface area contributed by atoms with E-state index in [0.29, 0.717) is 12.3 Å². The SMILES string of the molecule is Cc1cc(C)c2nc(NC(=O)c3cc(C(F)(F)F)cnc3Cl)sc2c1. The highest BCUT2D eigenvalue weighted by molar-refractivity contribution is 7.22. The van der Waals surface area contributed by atoms with Crippen molar-refractivity contribution in [3.63, 3.8) is 0 Å². The summed E-state index contributed by atoms with van der Waals surface area (Å²) in [5.41, 5.74) is 1.34. The molecule has 0 aliphatic heterocycles. The summed E-state index contributed by atoms with van der Waals surface area (Å²) in [5.74, 6) is -0.794. The van der Waals surface area contributed by atoms with Crippen molar-refractivity contribution in [2.24, 2.45) is 0 Å². The summed E-state index contributed by atoms with van der Waals surface area (Å²) in [4.78, 5) is 20.1. The van der Waals surface area contributed by atoms with Gasteiger partial charge in [-0.25, -0.2) is 9.97 Å². The molecular formula is C16H11ClF3N3OS. The Morgan fingerprint density at radius 2 is 1.96 bits per heavy atom. The van der Waals surface area contributed by atoms with E-state index in [4.69, 9.17) is 11.6 Å². The van der Waals surface area contributed by atoms with Crippen molar-refractivity contribution < 1.29 is 18.0 Å². The summed E-state index contributed by atoms with van der Waals surface area (Å²) in [7, 11) is 0. The van der Waals surface area contributed by atoms with Gasteiger partial charge in [-0.2, -0.15) is 13.2 Å². The van der Waals surface area contributed by atoms with E-state index >= 15 is 0 Å². The molecule has 4 nitrogen and oxygen atoms in total. The second-order valence-corrected chi connectivity index (χ2v) is 6.85. The van der Waals surface area contributed by atoms with Gasteiger partial charge >= 0.3 is 6.18 Å². The molecule has 0 aliphatic carbocycles. The Morgan fingerprint density at radius 3 is 2.64 bits per heavy atom. The standard InChI is InChI=1S/C16H11ClF3N3OS/c1-7-3-8(2)12-11(4-7)25-15(22-12)23-14(24)10-5-9(16(18,19)20)6-21-13(10)17/h3-6H,1-2H3,(H,22,23,24). The van der Waals surface area contributed by atoms with Crippen LogP contribution in [0.1, 0.15) is 27.0 Å². The zero-order valence-electron chi connectivity index (χ0n) is 13.0. The Hall–Kier alpha value is -2.19. The molecule has 0 atom stereocenters. The zero-order valence-corrected chi connectivity index (χ0v) is 14.6. The lowest BCUT2D eigenvalue weighted by Gasteiger charge is -2.09. The lowest BCUT2D eigenvalue weighted by atomic mass is 10.1. The predicted molar refractivity (Wildman–Crippen MR) is 91.3 cm³/mol. The largest absolute Gasteiger partial charge is 0.417 e. The molecule has 1 N–H and O–H groups in total. The number of nitrogens with zero attached hydrogens (tertiary/aromatic N) is 2. The monoisotopic (exact) mass is 385 g/mol. The van der Waals surface area contributed by atoms with Crippen LogP contribution in [-0.4, -0.2) is 15.9 Å². The van der Waals surface area contributed by atoms with E-state index in [1.54, 1.807) is 0 Å². The van der Waals surface area contributed by atoms with Crippen molar-refractivity contribution in [1.29, 1.82) is 0 Å². The minimum atomic E-state index is -4.61. The van der Waals surface area contributed by atoms with Gasteiger partial charge in [-0.1, -0.05) is 29.0 Å². The summed E-state index contributed by atoms with van der Waals surface area (Å²) in [6.45, 7) is 3.84. The quantitative estimate of drug-likeness (QED) is 0.614. The summed E-state index contributed by atoms with van der Waals surface area (Å²) in [5, 5.41) is 2.46. The molecule has 0 saturated heterocycles. The summed E-state index contributed by atoms with van der Waals surface area (Å²) < 4.78 is 39.2. The molecule has 1 aromatic carbocycles. The lowest BCUT2D eigenvalue weighted by molar-refractivity contribution is -0.137. The van der Waals surface area contributed by atoms with Crippen molar-refractivity contribution in [3.05, 3.63) is 51.8 Å². The number of pyridine rings is 1. The number of thiazole rings is 1. The fraction of sp³-hybridized carbons (Fsp3) is 0.188. The number of alkyl halides is 3. The van der Waals surface area contributed by atoms with Crippen LogP contribution in [0.4, 0.5) is 18.3 Å². The van der Waals surface area contributed by atoms with Crippen LogP contribution in [0.15, 0.2) is 24.4 Å². The first-order valence-corrected chi connectivity index (χ1v) is 8.26. The molecule has 0 aliphatic rings. The van der Waals surface area contributed by atoms with Gasteiger partial charge in [0.15, 0.2) is 5.13 Å². The first-order chi connectivity index (χ1) is 11.6. The van der Waals surface area contributed by atoms with Gasteiger partial charge in [0, 0.05) is 6.20 Å². The maximum atomic E-state index is 12.8. The molecule has 2 heterocycles. The highest BCUT2D eigenvalue weighted by Gasteiger charge is 2.32.